The van der Waals surface area contributed by atoms with Gasteiger partial charge in [-0.15, -0.1) is 0 Å². The summed E-state index contributed by atoms with van der Waals surface area (Å²) < 4.78 is 11.9. The molecule has 1 amide bonds. The largest absolute Gasteiger partial charge is 0.496 e. The fourth-order valence-electron chi connectivity index (χ4n) is 4.05. The number of pyridine rings is 1. The van der Waals surface area contributed by atoms with Crippen LogP contribution >= 0.6 is 15.9 Å². The molecule has 0 aliphatic heterocycles. The highest BCUT2D eigenvalue weighted by molar-refractivity contribution is 9.10. The molecule has 38 heavy (non-hydrogen) atoms. The first-order chi connectivity index (χ1) is 18.6. The molecule has 0 unspecified atom stereocenters. The Morgan fingerprint density at radius 1 is 0.921 bits per heavy atom. The van der Waals surface area contributed by atoms with Crippen molar-refractivity contribution in [2.24, 2.45) is 5.10 Å². The molecule has 4 aromatic carbocycles. The molecule has 5 rings (SSSR count). The maximum Gasteiger partial charge on any atom is 0.277 e. The summed E-state index contributed by atoms with van der Waals surface area (Å²) in [4.78, 5) is 17.1. The zero-order valence-electron chi connectivity index (χ0n) is 20.6. The van der Waals surface area contributed by atoms with Crippen LogP contribution in [0.25, 0.3) is 33.3 Å². The van der Waals surface area contributed by atoms with Crippen LogP contribution in [0.15, 0.2) is 113 Å². The number of methoxy groups -OCH3 is 1. The maximum absolute atomic E-state index is 12.2. The van der Waals surface area contributed by atoms with Crippen LogP contribution in [0.2, 0.25) is 0 Å². The normalized spacial score (nSPS) is 11.0. The number of fused-ring (bicyclic) bond motifs is 1. The summed E-state index contributed by atoms with van der Waals surface area (Å²) in [5.41, 5.74) is 8.18. The predicted molar refractivity (Wildman–Crippen MR) is 155 cm³/mol. The van der Waals surface area contributed by atoms with E-state index in [1.54, 1.807) is 7.11 Å². The Bertz CT molecular complexity index is 1600. The molecule has 0 atom stereocenters. The van der Waals surface area contributed by atoms with Gasteiger partial charge in [0.1, 0.15) is 11.5 Å². The number of hydrazone groups is 1. The summed E-state index contributed by atoms with van der Waals surface area (Å²) in [6.07, 6.45) is 1.53. The number of rotatable bonds is 8. The van der Waals surface area contributed by atoms with Gasteiger partial charge in [-0.1, -0.05) is 58.4 Å². The van der Waals surface area contributed by atoms with Gasteiger partial charge in [-0.25, -0.2) is 10.4 Å². The van der Waals surface area contributed by atoms with Gasteiger partial charge in [0.15, 0.2) is 6.61 Å². The lowest BCUT2D eigenvalue weighted by molar-refractivity contribution is -0.123. The van der Waals surface area contributed by atoms with Crippen molar-refractivity contribution >= 4 is 39.0 Å². The first kappa shape index (κ1) is 25.2. The van der Waals surface area contributed by atoms with Crippen LogP contribution in [0, 0.1) is 0 Å². The Labute approximate surface area is 229 Å². The van der Waals surface area contributed by atoms with Crippen molar-refractivity contribution in [1.29, 1.82) is 0 Å². The molecule has 0 saturated heterocycles. The van der Waals surface area contributed by atoms with Crippen molar-refractivity contribution in [1.82, 2.24) is 10.4 Å². The van der Waals surface area contributed by atoms with Gasteiger partial charge < -0.3 is 9.47 Å². The molecule has 0 radical (unpaired) electrons. The van der Waals surface area contributed by atoms with Gasteiger partial charge in [-0.3, -0.25) is 4.79 Å². The molecule has 188 valence electrons. The van der Waals surface area contributed by atoms with Gasteiger partial charge in [-0.2, -0.15) is 5.10 Å². The quantitative estimate of drug-likeness (QED) is 0.164. The molecule has 5 aromatic rings. The number of para-hydroxylation sites is 1. The second kappa shape index (κ2) is 11.7. The van der Waals surface area contributed by atoms with E-state index in [-0.39, 0.29) is 12.5 Å². The summed E-state index contributed by atoms with van der Waals surface area (Å²) in [7, 11) is 1.59. The monoisotopic (exact) mass is 565 g/mol. The number of amides is 1. The predicted octanol–water partition coefficient (Wildman–Crippen LogP) is 6.87. The van der Waals surface area contributed by atoms with Gasteiger partial charge in [0.25, 0.3) is 5.91 Å². The van der Waals surface area contributed by atoms with Gasteiger partial charge in [0.05, 0.1) is 24.5 Å². The second-order valence-electron chi connectivity index (χ2n) is 8.43. The number of halogens is 1. The van der Waals surface area contributed by atoms with Crippen LogP contribution in [0.1, 0.15) is 5.56 Å². The maximum atomic E-state index is 12.2. The number of ether oxygens (including phenoxy) is 2. The number of carbonyl (C=O) groups is 1. The third kappa shape index (κ3) is 5.90. The van der Waals surface area contributed by atoms with Crippen molar-refractivity contribution < 1.29 is 14.3 Å². The Morgan fingerprint density at radius 2 is 1.68 bits per heavy atom. The highest BCUT2D eigenvalue weighted by Gasteiger charge is 2.11. The molecular formula is C31H24BrN3O3. The molecule has 7 heteroatoms. The number of carbonyl (C=O) groups excluding carboxylic acids is 1. The fourth-order valence-corrected chi connectivity index (χ4v) is 4.41. The van der Waals surface area contributed by atoms with Gasteiger partial charge in [-0.05, 0) is 71.8 Å². The van der Waals surface area contributed by atoms with E-state index in [2.05, 4.69) is 50.7 Å². The number of nitrogens with one attached hydrogen (secondary N) is 1. The van der Waals surface area contributed by atoms with Crippen LogP contribution in [0.4, 0.5) is 0 Å². The Kier molecular flexibility index (Phi) is 7.75. The smallest absolute Gasteiger partial charge is 0.277 e. The average molecular weight is 566 g/mol. The number of hydrogen-bond donors (Lipinski definition) is 1. The number of aromatic nitrogens is 1. The SMILES string of the molecule is COc1ccccc1C=NNC(=O)COc1ccc(-c2cc(-c3ccccc3)c3cc(Br)ccc3n2)cc1. The highest BCUT2D eigenvalue weighted by Crippen LogP contribution is 2.34. The van der Waals surface area contributed by atoms with Crippen LogP contribution in [-0.4, -0.2) is 30.8 Å². The lowest BCUT2D eigenvalue weighted by Crippen LogP contribution is -2.24. The van der Waals surface area contributed by atoms with E-state index >= 15 is 0 Å². The van der Waals surface area contributed by atoms with Crippen molar-refractivity contribution in [3.63, 3.8) is 0 Å². The van der Waals surface area contributed by atoms with E-state index in [9.17, 15) is 4.79 Å². The van der Waals surface area contributed by atoms with Crippen molar-refractivity contribution in [2.75, 3.05) is 13.7 Å². The van der Waals surface area contributed by atoms with Crippen LogP contribution < -0.4 is 14.9 Å². The third-order valence-electron chi connectivity index (χ3n) is 5.91. The fraction of sp³-hybridized carbons (Fsp3) is 0.0645. The standard InChI is InChI=1S/C31H24BrN3O3/c1-37-30-10-6-5-9-23(30)19-33-35-31(36)20-38-25-14-11-22(12-15-25)29-18-26(21-7-3-2-4-8-21)27-17-24(32)13-16-28(27)34-29/h2-19H,20H2,1H3,(H,35,36). The van der Waals surface area contributed by atoms with E-state index in [1.165, 1.54) is 6.21 Å². The summed E-state index contributed by atoms with van der Waals surface area (Å²) in [6, 6.07) is 33.4. The molecule has 1 N–H and O–H groups in total. The minimum Gasteiger partial charge on any atom is -0.496 e. The Morgan fingerprint density at radius 3 is 2.47 bits per heavy atom. The molecule has 0 fully saturated rings. The summed E-state index contributed by atoms with van der Waals surface area (Å²) >= 11 is 3.58. The second-order valence-corrected chi connectivity index (χ2v) is 9.35. The zero-order valence-corrected chi connectivity index (χ0v) is 22.2. The summed E-state index contributed by atoms with van der Waals surface area (Å²) in [5.74, 6) is 0.882. The molecule has 0 aliphatic rings. The van der Waals surface area contributed by atoms with Crippen molar-refractivity contribution in [2.45, 2.75) is 0 Å². The van der Waals surface area contributed by atoms with Gasteiger partial charge in [0.2, 0.25) is 0 Å². The first-order valence-electron chi connectivity index (χ1n) is 11.9. The topological polar surface area (TPSA) is 72.8 Å². The lowest BCUT2D eigenvalue weighted by atomic mass is 9.98. The third-order valence-corrected chi connectivity index (χ3v) is 6.40. The molecule has 0 saturated carbocycles. The minimum absolute atomic E-state index is 0.163. The van der Waals surface area contributed by atoms with E-state index in [1.807, 2.05) is 78.9 Å². The Hall–Kier alpha value is -4.49. The number of hydrogen-bond acceptors (Lipinski definition) is 5. The molecular weight excluding hydrogens is 542 g/mol. The minimum atomic E-state index is -0.366. The van der Waals surface area contributed by atoms with Crippen molar-refractivity contribution in [3.05, 3.63) is 113 Å². The first-order valence-corrected chi connectivity index (χ1v) is 12.7. The number of nitrogens with zero attached hydrogens (tertiary/aromatic N) is 2. The summed E-state index contributed by atoms with van der Waals surface area (Å²) in [6.45, 7) is -0.163. The molecule has 6 nitrogen and oxygen atoms in total. The van der Waals surface area contributed by atoms with E-state index in [0.717, 1.165) is 43.3 Å². The molecule has 0 spiro atoms. The van der Waals surface area contributed by atoms with Crippen molar-refractivity contribution in [3.8, 4) is 33.9 Å². The highest BCUT2D eigenvalue weighted by atomic mass is 79.9. The lowest BCUT2D eigenvalue weighted by Gasteiger charge is -2.11. The van der Waals surface area contributed by atoms with Gasteiger partial charge in [0, 0.05) is 21.0 Å². The number of benzene rings is 4. The van der Waals surface area contributed by atoms with E-state index in [0.29, 0.717) is 11.5 Å². The molecule has 1 aromatic heterocycles. The summed E-state index contributed by atoms with van der Waals surface area (Å²) in [5, 5.41) is 5.06. The van der Waals surface area contributed by atoms with Crippen LogP contribution in [0.5, 0.6) is 11.5 Å². The molecule has 1 heterocycles. The van der Waals surface area contributed by atoms with Crippen LogP contribution in [-0.2, 0) is 4.79 Å². The average Bonchev–Trinajstić information content (AvgIpc) is 2.96. The zero-order chi connectivity index (χ0) is 26.3. The van der Waals surface area contributed by atoms with Gasteiger partial charge >= 0.3 is 0 Å². The molecule has 0 aliphatic carbocycles. The molecule has 0 bridgehead atoms. The van der Waals surface area contributed by atoms with Crippen LogP contribution in [0.3, 0.4) is 0 Å². The van der Waals surface area contributed by atoms with E-state index < -0.39 is 0 Å². The Balaban J connectivity index is 1.28. The van der Waals surface area contributed by atoms with E-state index in [4.69, 9.17) is 14.5 Å².